The van der Waals surface area contributed by atoms with Crippen LogP contribution in [0.25, 0.3) is 0 Å². The molecule has 0 saturated carbocycles. The number of hydrogen-bond donors (Lipinski definition) is 3. The average Bonchev–Trinajstić information content (AvgIpc) is 3.29. The first kappa shape index (κ1) is 24.4. The number of nitrogens with one attached hydrogen (secondary N) is 3. The molecule has 0 spiro atoms. The van der Waals surface area contributed by atoms with Crippen LogP contribution in [0.15, 0.2) is 72.0 Å². The maximum atomic E-state index is 11.8. The first-order valence-corrected chi connectivity index (χ1v) is 9.99. The van der Waals surface area contributed by atoms with Crippen LogP contribution in [0.4, 0.5) is 0 Å². The van der Waals surface area contributed by atoms with E-state index in [0.717, 1.165) is 24.5 Å². The van der Waals surface area contributed by atoms with Gasteiger partial charge in [0.2, 0.25) is 0 Å². The molecule has 3 rings (SSSR count). The van der Waals surface area contributed by atoms with Crippen molar-refractivity contribution in [2.24, 2.45) is 4.99 Å². The predicted molar refractivity (Wildman–Crippen MR) is 135 cm³/mol. The van der Waals surface area contributed by atoms with Crippen molar-refractivity contribution in [3.63, 3.8) is 0 Å². The van der Waals surface area contributed by atoms with Gasteiger partial charge in [0.1, 0.15) is 0 Å². The van der Waals surface area contributed by atoms with Crippen molar-refractivity contribution in [1.29, 1.82) is 0 Å². The Morgan fingerprint density at radius 3 is 2.58 bits per heavy atom. The van der Waals surface area contributed by atoms with Gasteiger partial charge >= 0.3 is 0 Å². The third kappa shape index (κ3) is 7.39. The molecule has 0 unspecified atom stereocenters. The summed E-state index contributed by atoms with van der Waals surface area (Å²) in [5.74, 6) is 0.669. The third-order valence-electron chi connectivity index (χ3n) is 4.80. The van der Waals surface area contributed by atoms with E-state index in [0.29, 0.717) is 18.7 Å². The summed E-state index contributed by atoms with van der Waals surface area (Å²) in [4.78, 5) is 16.1. The predicted octanol–water partition coefficient (Wildman–Crippen LogP) is 2.82. The number of nitrogens with zero attached hydrogens (tertiary/aromatic N) is 3. The molecule has 0 atom stereocenters. The van der Waals surface area contributed by atoms with Crippen molar-refractivity contribution < 1.29 is 4.79 Å². The van der Waals surface area contributed by atoms with Gasteiger partial charge in [0.05, 0.1) is 6.54 Å². The maximum absolute atomic E-state index is 11.8. The first-order chi connectivity index (χ1) is 14.7. The van der Waals surface area contributed by atoms with E-state index in [4.69, 9.17) is 0 Å². The Morgan fingerprint density at radius 1 is 1.06 bits per heavy atom. The molecule has 0 aliphatic rings. The zero-order chi connectivity index (χ0) is 21.2. The number of rotatable bonds is 8. The lowest BCUT2D eigenvalue weighted by molar-refractivity contribution is 0.0963. The summed E-state index contributed by atoms with van der Waals surface area (Å²) in [5, 5.41) is 13.7. The minimum Gasteiger partial charge on any atom is -0.356 e. The summed E-state index contributed by atoms with van der Waals surface area (Å²) in [6, 6.07) is 17.9. The highest BCUT2D eigenvalue weighted by molar-refractivity contribution is 14.0. The molecule has 2 aromatic carbocycles. The SMILES string of the molecule is CN=C(NCCc1cccc(C(=O)NC)c1)NCc1ccccc1Cn1cccn1.I. The molecule has 0 bridgehead atoms. The van der Waals surface area contributed by atoms with Crippen LogP contribution in [-0.2, 0) is 19.5 Å². The monoisotopic (exact) mass is 532 g/mol. The number of hydrogen-bond acceptors (Lipinski definition) is 3. The van der Waals surface area contributed by atoms with Crippen molar-refractivity contribution in [3.05, 3.63) is 89.2 Å². The van der Waals surface area contributed by atoms with Gasteiger partial charge in [0.25, 0.3) is 5.91 Å². The topological polar surface area (TPSA) is 83.3 Å². The summed E-state index contributed by atoms with van der Waals surface area (Å²) in [6.07, 6.45) is 4.54. The van der Waals surface area contributed by atoms with Gasteiger partial charge in [-0.2, -0.15) is 5.10 Å². The Bertz CT molecular complexity index is 987. The average molecular weight is 532 g/mol. The minimum atomic E-state index is -0.0731. The van der Waals surface area contributed by atoms with E-state index in [1.807, 2.05) is 53.3 Å². The van der Waals surface area contributed by atoms with Crippen LogP contribution in [0.3, 0.4) is 0 Å². The molecule has 3 aromatic rings. The number of carbonyl (C=O) groups excluding carboxylic acids is 1. The normalized spacial score (nSPS) is 10.8. The summed E-state index contributed by atoms with van der Waals surface area (Å²) in [6.45, 7) is 2.12. The van der Waals surface area contributed by atoms with Crippen LogP contribution in [0.5, 0.6) is 0 Å². The Labute approximate surface area is 200 Å². The highest BCUT2D eigenvalue weighted by Crippen LogP contribution is 2.10. The fourth-order valence-electron chi connectivity index (χ4n) is 3.19. The number of carbonyl (C=O) groups is 1. The van der Waals surface area contributed by atoms with E-state index in [1.54, 1.807) is 20.3 Å². The fraction of sp³-hybridized carbons (Fsp3) is 0.261. The number of halogens is 1. The Morgan fingerprint density at radius 2 is 1.87 bits per heavy atom. The summed E-state index contributed by atoms with van der Waals surface area (Å²) in [7, 11) is 3.40. The van der Waals surface area contributed by atoms with Crippen LogP contribution < -0.4 is 16.0 Å². The van der Waals surface area contributed by atoms with Gasteiger partial charge in [-0.15, -0.1) is 24.0 Å². The maximum Gasteiger partial charge on any atom is 0.251 e. The van der Waals surface area contributed by atoms with E-state index in [2.05, 4.69) is 38.2 Å². The summed E-state index contributed by atoms with van der Waals surface area (Å²) < 4.78 is 1.92. The van der Waals surface area contributed by atoms with Gasteiger partial charge in [0, 0.05) is 45.1 Å². The lowest BCUT2D eigenvalue weighted by atomic mass is 10.1. The van der Waals surface area contributed by atoms with Gasteiger partial charge in [-0.1, -0.05) is 36.4 Å². The van der Waals surface area contributed by atoms with E-state index in [9.17, 15) is 4.79 Å². The summed E-state index contributed by atoms with van der Waals surface area (Å²) >= 11 is 0. The zero-order valence-electron chi connectivity index (χ0n) is 17.8. The van der Waals surface area contributed by atoms with E-state index in [-0.39, 0.29) is 29.9 Å². The molecule has 7 nitrogen and oxygen atoms in total. The highest BCUT2D eigenvalue weighted by Gasteiger charge is 2.06. The second-order valence-electron chi connectivity index (χ2n) is 6.85. The van der Waals surface area contributed by atoms with Crippen molar-refractivity contribution in [3.8, 4) is 0 Å². The fourth-order valence-corrected chi connectivity index (χ4v) is 3.19. The minimum absolute atomic E-state index is 0. The molecule has 1 heterocycles. The zero-order valence-corrected chi connectivity index (χ0v) is 20.2. The van der Waals surface area contributed by atoms with Crippen LogP contribution >= 0.6 is 24.0 Å². The number of guanidine groups is 1. The Hall–Kier alpha value is -2.88. The third-order valence-corrected chi connectivity index (χ3v) is 4.80. The molecule has 0 aliphatic heterocycles. The lowest BCUT2D eigenvalue weighted by Gasteiger charge is -2.14. The standard InChI is InChI=1S/C23H28N6O.HI/c1-24-22(30)19-10-5-7-18(15-19)11-13-26-23(25-2)27-16-20-8-3-4-9-21(20)17-29-14-6-12-28-29;/h3-10,12,14-15H,11,13,16-17H2,1-2H3,(H,24,30)(H2,25,26,27);1H. The molecule has 0 radical (unpaired) electrons. The van der Waals surface area contributed by atoms with Gasteiger partial charge in [-0.25, -0.2) is 0 Å². The van der Waals surface area contributed by atoms with Crippen molar-refractivity contribution in [2.75, 3.05) is 20.6 Å². The molecule has 1 aromatic heterocycles. The van der Waals surface area contributed by atoms with Gasteiger partial charge in [-0.3, -0.25) is 14.5 Å². The second-order valence-corrected chi connectivity index (χ2v) is 6.85. The Balaban J connectivity index is 0.00000341. The smallest absolute Gasteiger partial charge is 0.251 e. The number of amides is 1. The molecule has 8 heteroatoms. The molecule has 31 heavy (non-hydrogen) atoms. The van der Waals surface area contributed by atoms with Crippen LogP contribution in [-0.4, -0.2) is 42.3 Å². The van der Waals surface area contributed by atoms with Gasteiger partial charge in [0.15, 0.2) is 5.96 Å². The number of aromatic nitrogens is 2. The van der Waals surface area contributed by atoms with Crippen molar-refractivity contribution in [2.45, 2.75) is 19.5 Å². The highest BCUT2D eigenvalue weighted by atomic mass is 127. The van der Waals surface area contributed by atoms with E-state index >= 15 is 0 Å². The molecular formula is C23H29IN6O. The van der Waals surface area contributed by atoms with E-state index in [1.165, 1.54) is 11.1 Å². The molecule has 0 aliphatic carbocycles. The second kappa shape index (κ2) is 12.7. The van der Waals surface area contributed by atoms with Crippen molar-refractivity contribution in [1.82, 2.24) is 25.7 Å². The quantitative estimate of drug-likeness (QED) is 0.237. The summed E-state index contributed by atoms with van der Waals surface area (Å²) in [5.41, 5.74) is 4.19. The molecule has 3 N–H and O–H groups in total. The van der Waals surface area contributed by atoms with E-state index < -0.39 is 0 Å². The first-order valence-electron chi connectivity index (χ1n) is 9.99. The molecular weight excluding hydrogens is 503 g/mol. The van der Waals surface area contributed by atoms with Gasteiger partial charge in [-0.05, 0) is 41.3 Å². The molecule has 0 fully saturated rings. The Kier molecular flexibility index (Phi) is 10.0. The number of benzene rings is 2. The number of aliphatic imine (C=N–C) groups is 1. The molecule has 0 saturated heterocycles. The lowest BCUT2D eigenvalue weighted by Crippen LogP contribution is -2.38. The van der Waals surface area contributed by atoms with Crippen LogP contribution in [0.2, 0.25) is 0 Å². The van der Waals surface area contributed by atoms with Crippen molar-refractivity contribution >= 4 is 35.8 Å². The largest absolute Gasteiger partial charge is 0.356 e. The molecule has 164 valence electrons. The van der Waals surface area contributed by atoms with Crippen LogP contribution in [0, 0.1) is 0 Å². The van der Waals surface area contributed by atoms with Crippen LogP contribution in [0.1, 0.15) is 27.0 Å². The van der Waals surface area contributed by atoms with Gasteiger partial charge < -0.3 is 16.0 Å². The molecule has 1 amide bonds.